The van der Waals surface area contributed by atoms with E-state index in [1.54, 1.807) is 24.1 Å². The summed E-state index contributed by atoms with van der Waals surface area (Å²) >= 11 is 5.68. The molecule has 1 rings (SSSR count). The largest absolute Gasteiger partial charge is 0.338 e. The van der Waals surface area contributed by atoms with E-state index in [1.807, 2.05) is 19.1 Å². The molecule has 0 bridgehead atoms. The van der Waals surface area contributed by atoms with Gasteiger partial charge in [0.25, 0.3) is 5.91 Å². The predicted molar refractivity (Wildman–Crippen MR) is 67.8 cm³/mol. The second-order valence-corrected chi connectivity index (χ2v) is 4.22. The van der Waals surface area contributed by atoms with Crippen molar-refractivity contribution in [3.63, 3.8) is 0 Å². The highest BCUT2D eigenvalue weighted by Gasteiger charge is 2.10. The van der Waals surface area contributed by atoms with Gasteiger partial charge in [-0.2, -0.15) is 0 Å². The highest BCUT2D eigenvalue weighted by Crippen LogP contribution is 2.09. The van der Waals surface area contributed by atoms with Gasteiger partial charge >= 0.3 is 0 Å². The number of benzene rings is 1. The minimum absolute atomic E-state index is 0.00382. The van der Waals surface area contributed by atoms with Crippen LogP contribution in [-0.2, 0) is 5.88 Å². The lowest BCUT2D eigenvalue weighted by Crippen LogP contribution is -2.28. The average Bonchev–Trinajstić information content (AvgIpc) is 2.27. The summed E-state index contributed by atoms with van der Waals surface area (Å²) in [5.41, 5.74) is 2.66. The Bertz CT molecular complexity index is 383. The molecule has 1 amide bonds. The van der Waals surface area contributed by atoms with Gasteiger partial charge in [0.15, 0.2) is 0 Å². The fraction of sp³-hybridized carbons (Fsp3) is 0.308. The van der Waals surface area contributed by atoms with E-state index < -0.39 is 0 Å². The highest BCUT2D eigenvalue weighted by molar-refractivity contribution is 6.17. The van der Waals surface area contributed by atoms with Crippen molar-refractivity contribution in [2.45, 2.75) is 12.8 Å². The number of carbonyl (C=O) groups excluding carboxylic acids is 1. The summed E-state index contributed by atoms with van der Waals surface area (Å²) in [6.45, 7) is 6.27. The summed E-state index contributed by atoms with van der Waals surface area (Å²) in [7, 11) is 1.77. The molecule has 0 aliphatic carbocycles. The van der Waals surface area contributed by atoms with E-state index >= 15 is 0 Å². The third kappa shape index (κ3) is 3.38. The highest BCUT2D eigenvalue weighted by atomic mass is 35.5. The maximum absolute atomic E-state index is 11.9. The predicted octanol–water partition coefficient (Wildman–Crippen LogP) is 3.07. The zero-order chi connectivity index (χ0) is 12.1. The van der Waals surface area contributed by atoms with E-state index in [9.17, 15) is 4.79 Å². The molecular formula is C13H16ClNO. The van der Waals surface area contributed by atoms with Crippen molar-refractivity contribution in [1.82, 2.24) is 4.90 Å². The molecule has 86 valence electrons. The molecule has 16 heavy (non-hydrogen) atoms. The van der Waals surface area contributed by atoms with Crippen molar-refractivity contribution >= 4 is 17.5 Å². The lowest BCUT2D eigenvalue weighted by atomic mass is 10.1. The Balaban J connectivity index is 2.75. The molecule has 0 atom stereocenters. The third-order valence-electron chi connectivity index (χ3n) is 2.21. The number of halogens is 1. The summed E-state index contributed by atoms with van der Waals surface area (Å²) in [4.78, 5) is 13.6. The molecule has 0 spiro atoms. The molecule has 0 saturated carbocycles. The quantitative estimate of drug-likeness (QED) is 0.582. The minimum Gasteiger partial charge on any atom is -0.338 e. The van der Waals surface area contributed by atoms with Gasteiger partial charge in [0, 0.05) is 25.0 Å². The van der Waals surface area contributed by atoms with Crippen molar-refractivity contribution in [2.24, 2.45) is 0 Å². The summed E-state index contributed by atoms with van der Waals surface area (Å²) in [5, 5.41) is 0. The second kappa shape index (κ2) is 5.71. The fourth-order valence-electron chi connectivity index (χ4n) is 1.43. The van der Waals surface area contributed by atoms with Gasteiger partial charge in [0.1, 0.15) is 0 Å². The van der Waals surface area contributed by atoms with Crippen LogP contribution in [0.4, 0.5) is 0 Å². The van der Waals surface area contributed by atoms with Crippen molar-refractivity contribution in [3.05, 3.63) is 47.5 Å². The number of likely N-dealkylation sites (N-methyl/N-ethyl adjacent to an activating group) is 1. The van der Waals surface area contributed by atoms with Crippen LogP contribution >= 0.6 is 11.6 Å². The van der Waals surface area contributed by atoms with Gasteiger partial charge in [0.2, 0.25) is 0 Å². The third-order valence-corrected chi connectivity index (χ3v) is 2.52. The summed E-state index contributed by atoms with van der Waals surface area (Å²) < 4.78 is 0. The van der Waals surface area contributed by atoms with E-state index in [2.05, 4.69) is 6.58 Å². The zero-order valence-electron chi connectivity index (χ0n) is 9.66. The van der Waals surface area contributed by atoms with E-state index in [0.717, 1.165) is 11.1 Å². The SMILES string of the molecule is C=C(C)CN(C)C(=O)c1ccc(CCl)cc1. The molecule has 2 nitrogen and oxygen atoms in total. The van der Waals surface area contributed by atoms with Crippen LogP contribution in [0.15, 0.2) is 36.4 Å². The van der Waals surface area contributed by atoms with Gasteiger partial charge in [-0.3, -0.25) is 4.79 Å². The van der Waals surface area contributed by atoms with Crippen molar-refractivity contribution in [2.75, 3.05) is 13.6 Å². The van der Waals surface area contributed by atoms with Gasteiger partial charge in [-0.05, 0) is 24.6 Å². The lowest BCUT2D eigenvalue weighted by Gasteiger charge is -2.17. The first-order valence-electron chi connectivity index (χ1n) is 5.09. The molecule has 0 unspecified atom stereocenters. The molecule has 1 aromatic carbocycles. The van der Waals surface area contributed by atoms with Gasteiger partial charge in [-0.15, -0.1) is 11.6 Å². The van der Waals surface area contributed by atoms with Crippen LogP contribution in [0.3, 0.4) is 0 Å². The minimum atomic E-state index is 0.00382. The van der Waals surface area contributed by atoms with E-state index in [4.69, 9.17) is 11.6 Å². The summed E-state index contributed by atoms with van der Waals surface area (Å²) in [5.74, 6) is 0.472. The van der Waals surface area contributed by atoms with Crippen LogP contribution in [0.2, 0.25) is 0 Å². The Labute approximate surface area is 102 Å². The van der Waals surface area contributed by atoms with Crippen molar-refractivity contribution in [1.29, 1.82) is 0 Å². The molecule has 0 radical (unpaired) electrons. The normalized spacial score (nSPS) is 9.94. The Morgan fingerprint density at radius 2 is 1.94 bits per heavy atom. The Morgan fingerprint density at radius 3 is 2.38 bits per heavy atom. The number of carbonyl (C=O) groups is 1. The van der Waals surface area contributed by atoms with E-state index in [1.165, 1.54) is 0 Å². The smallest absolute Gasteiger partial charge is 0.253 e. The van der Waals surface area contributed by atoms with Crippen molar-refractivity contribution in [3.8, 4) is 0 Å². The standard InChI is InChI=1S/C13H16ClNO/c1-10(2)9-15(3)13(16)12-6-4-11(8-14)5-7-12/h4-7H,1,8-9H2,2-3H3. The zero-order valence-corrected chi connectivity index (χ0v) is 10.4. The van der Waals surface area contributed by atoms with Crippen LogP contribution in [0.1, 0.15) is 22.8 Å². The summed E-state index contributed by atoms with van der Waals surface area (Å²) in [6, 6.07) is 7.34. The number of nitrogens with zero attached hydrogens (tertiary/aromatic N) is 1. The maximum atomic E-state index is 11.9. The van der Waals surface area contributed by atoms with Crippen LogP contribution in [0.5, 0.6) is 0 Å². The first-order valence-corrected chi connectivity index (χ1v) is 5.62. The van der Waals surface area contributed by atoms with Crippen LogP contribution in [0, 0.1) is 0 Å². The van der Waals surface area contributed by atoms with Gasteiger partial charge < -0.3 is 4.90 Å². The number of hydrogen-bond acceptors (Lipinski definition) is 1. The van der Waals surface area contributed by atoms with E-state index in [0.29, 0.717) is 18.0 Å². The molecule has 0 heterocycles. The molecule has 0 N–H and O–H groups in total. The summed E-state index contributed by atoms with van der Waals surface area (Å²) in [6.07, 6.45) is 0. The molecule has 0 fully saturated rings. The molecule has 1 aromatic rings. The first kappa shape index (κ1) is 12.8. The molecular weight excluding hydrogens is 222 g/mol. The Morgan fingerprint density at radius 1 is 1.38 bits per heavy atom. The molecule has 0 aromatic heterocycles. The topological polar surface area (TPSA) is 20.3 Å². The van der Waals surface area contributed by atoms with Crippen molar-refractivity contribution < 1.29 is 4.79 Å². The maximum Gasteiger partial charge on any atom is 0.253 e. The van der Waals surface area contributed by atoms with Crippen LogP contribution < -0.4 is 0 Å². The molecule has 0 saturated heterocycles. The Hall–Kier alpha value is -1.28. The lowest BCUT2D eigenvalue weighted by molar-refractivity contribution is 0.0807. The van der Waals surface area contributed by atoms with Gasteiger partial charge in [0.05, 0.1) is 0 Å². The van der Waals surface area contributed by atoms with E-state index in [-0.39, 0.29) is 5.91 Å². The molecule has 0 aliphatic rings. The number of amides is 1. The monoisotopic (exact) mass is 237 g/mol. The van der Waals surface area contributed by atoms with Gasteiger partial charge in [-0.1, -0.05) is 24.3 Å². The number of rotatable bonds is 4. The fourth-order valence-corrected chi connectivity index (χ4v) is 1.61. The van der Waals surface area contributed by atoms with Crippen LogP contribution in [0.25, 0.3) is 0 Å². The van der Waals surface area contributed by atoms with Crippen LogP contribution in [-0.4, -0.2) is 24.4 Å². The molecule has 3 heteroatoms. The first-order chi connectivity index (χ1) is 7.54. The number of alkyl halides is 1. The Kier molecular flexibility index (Phi) is 4.56. The average molecular weight is 238 g/mol. The molecule has 0 aliphatic heterocycles. The van der Waals surface area contributed by atoms with Gasteiger partial charge in [-0.25, -0.2) is 0 Å². The number of hydrogen-bond donors (Lipinski definition) is 0. The second-order valence-electron chi connectivity index (χ2n) is 3.95.